The van der Waals surface area contributed by atoms with Crippen molar-refractivity contribution in [2.75, 3.05) is 6.54 Å². The van der Waals surface area contributed by atoms with Gasteiger partial charge in [-0.1, -0.05) is 18.2 Å². The number of ether oxygens (including phenoxy) is 1. The van der Waals surface area contributed by atoms with E-state index >= 15 is 0 Å². The molecule has 0 atom stereocenters. The summed E-state index contributed by atoms with van der Waals surface area (Å²) in [5.74, 6) is 1.44. The zero-order chi connectivity index (χ0) is 18.6. The third-order valence-corrected chi connectivity index (χ3v) is 4.48. The van der Waals surface area contributed by atoms with Gasteiger partial charge in [0, 0.05) is 12.1 Å². The van der Waals surface area contributed by atoms with Crippen molar-refractivity contribution in [3.8, 4) is 5.75 Å². The first kappa shape index (κ1) is 17.3. The summed E-state index contributed by atoms with van der Waals surface area (Å²) in [6.07, 6.45) is 1.54. The Morgan fingerprint density at radius 2 is 1.93 bits per heavy atom. The van der Waals surface area contributed by atoms with Gasteiger partial charge < -0.3 is 14.1 Å². The molecule has 0 spiro atoms. The highest BCUT2D eigenvalue weighted by Crippen LogP contribution is 2.22. The summed E-state index contributed by atoms with van der Waals surface area (Å²) in [5.41, 5.74) is 1.34. The number of para-hydroxylation sites is 1. The van der Waals surface area contributed by atoms with Gasteiger partial charge in [0.15, 0.2) is 6.61 Å². The topological polar surface area (TPSA) is 55.6 Å². The number of aryl methyl sites for hydroxylation is 1. The van der Waals surface area contributed by atoms with Crippen LogP contribution in [0.3, 0.4) is 0 Å². The molecule has 1 aliphatic heterocycles. The van der Waals surface area contributed by atoms with E-state index in [1.807, 2.05) is 30.3 Å². The first-order chi connectivity index (χ1) is 13.2. The molecule has 3 aromatic rings. The zero-order valence-corrected chi connectivity index (χ0v) is 14.7. The summed E-state index contributed by atoms with van der Waals surface area (Å²) in [7, 11) is 0. The van der Waals surface area contributed by atoms with Crippen LogP contribution < -0.4 is 4.74 Å². The highest BCUT2D eigenvalue weighted by molar-refractivity contribution is 5.94. The van der Waals surface area contributed by atoms with Crippen molar-refractivity contribution in [2.24, 2.45) is 0 Å². The van der Waals surface area contributed by atoms with E-state index in [2.05, 4.69) is 4.98 Å². The monoisotopic (exact) mass is 366 g/mol. The van der Waals surface area contributed by atoms with E-state index < -0.39 is 0 Å². The van der Waals surface area contributed by atoms with Crippen LogP contribution in [0.4, 0.5) is 4.39 Å². The third kappa shape index (κ3) is 4.00. The molecule has 0 fully saturated rings. The summed E-state index contributed by atoms with van der Waals surface area (Å²) in [6.45, 7) is 1.20. The Bertz CT molecular complexity index is 922. The second kappa shape index (κ2) is 7.61. The molecule has 6 heteroatoms. The number of nitrogens with zero attached hydrogens (tertiary/aromatic N) is 2. The summed E-state index contributed by atoms with van der Waals surface area (Å²) in [5, 5.41) is 0. The van der Waals surface area contributed by atoms with Crippen LogP contribution in [-0.2, 0) is 19.6 Å². The standard InChI is InChI=1S/C21H19FN2O3/c22-16-10-8-15(9-11-16)21(25)24-12-4-7-18-19(13-24)27-20(23-18)14-26-17-5-2-1-3-6-17/h1-3,5-6,8-11H,4,7,12-14H2. The van der Waals surface area contributed by atoms with Crippen molar-refractivity contribution in [3.63, 3.8) is 0 Å². The maximum atomic E-state index is 13.1. The van der Waals surface area contributed by atoms with Crippen molar-refractivity contribution in [1.29, 1.82) is 0 Å². The van der Waals surface area contributed by atoms with E-state index in [1.54, 1.807) is 4.90 Å². The van der Waals surface area contributed by atoms with Crippen molar-refractivity contribution in [2.45, 2.75) is 26.0 Å². The molecule has 0 radical (unpaired) electrons. The Kier molecular flexibility index (Phi) is 4.87. The van der Waals surface area contributed by atoms with Crippen LogP contribution >= 0.6 is 0 Å². The molecule has 0 saturated carbocycles. The lowest BCUT2D eigenvalue weighted by Crippen LogP contribution is -2.30. The predicted octanol–water partition coefficient (Wildman–Crippen LogP) is 3.98. The minimum atomic E-state index is -0.358. The van der Waals surface area contributed by atoms with Gasteiger partial charge in [-0.05, 0) is 49.2 Å². The summed E-state index contributed by atoms with van der Waals surface area (Å²) < 4.78 is 24.6. The van der Waals surface area contributed by atoms with Crippen LogP contribution in [-0.4, -0.2) is 22.3 Å². The van der Waals surface area contributed by atoms with Crippen molar-refractivity contribution in [3.05, 3.63) is 83.3 Å². The normalized spacial score (nSPS) is 13.7. The highest BCUT2D eigenvalue weighted by Gasteiger charge is 2.24. The number of carbonyl (C=O) groups excluding carboxylic acids is 1. The summed E-state index contributed by atoms with van der Waals surface area (Å²) in [4.78, 5) is 18.9. The van der Waals surface area contributed by atoms with Crippen molar-refractivity contribution < 1.29 is 18.3 Å². The van der Waals surface area contributed by atoms with E-state index in [1.165, 1.54) is 24.3 Å². The fraction of sp³-hybridized carbons (Fsp3) is 0.238. The van der Waals surface area contributed by atoms with E-state index in [0.717, 1.165) is 24.3 Å². The molecule has 0 bridgehead atoms. The largest absolute Gasteiger partial charge is 0.484 e. The molecule has 1 aliphatic rings. The minimum Gasteiger partial charge on any atom is -0.484 e. The fourth-order valence-electron chi connectivity index (χ4n) is 3.12. The Morgan fingerprint density at radius 1 is 1.15 bits per heavy atom. The Labute approximate surface area is 156 Å². The van der Waals surface area contributed by atoms with Gasteiger partial charge in [0.05, 0.1) is 12.2 Å². The second-order valence-corrected chi connectivity index (χ2v) is 6.42. The maximum absolute atomic E-state index is 13.1. The number of amides is 1. The van der Waals surface area contributed by atoms with Crippen LogP contribution in [0.2, 0.25) is 0 Å². The molecular weight excluding hydrogens is 347 g/mol. The van der Waals surface area contributed by atoms with Gasteiger partial charge in [0.25, 0.3) is 5.91 Å². The maximum Gasteiger partial charge on any atom is 0.254 e. The molecule has 1 amide bonds. The van der Waals surface area contributed by atoms with Gasteiger partial charge >= 0.3 is 0 Å². The smallest absolute Gasteiger partial charge is 0.254 e. The van der Waals surface area contributed by atoms with Crippen molar-refractivity contribution in [1.82, 2.24) is 9.88 Å². The first-order valence-electron chi connectivity index (χ1n) is 8.89. The van der Waals surface area contributed by atoms with Crippen LogP contribution in [0.5, 0.6) is 5.75 Å². The summed E-state index contributed by atoms with van der Waals surface area (Å²) >= 11 is 0. The van der Waals surface area contributed by atoms with Gasteiger partial charge in [-0.15, -0.1) is 0 Å². The molecule has 0 unspecified atom stereocenters. The lowest BCUT2D eigenvalue weighted by molar-refractivity contribution is 0.0733. The Morgan fingerprint density at radius 3 is 2.70 bits per heavy atom. The first-order valence-corrected chi connectivity index (χ1v) is 8.89. The van der Waals surface area contributed by atoms with Gasteiger partial charge in [0.1, 0.15) is 17.3 Å². The molecule has 138 valence electrons. The van der Waals surface area contributed by atoms with E-state index in [9.17, 15) is 9.18 Å². The molecule has 2 heterocycles. The number of carbonyl (C=O) groups is 1. The van der Waals surface area contributed by atoms with Gasteiger partial charge in [-0.3, -0.25) is 4.79 Å². The molecule has 4 rings (SSSR count). The quantitative estimate of drug-likeness (QED) is 0.701. The number of aromatic nitrogens is 1. The number of benzene rings is 2. The molecule has 5 nitrogen and oxygen atoms in total. The van der Waals surface area contributed by atoms with E-state index in [-0.39, 0.29) is 18.3 Å². The lowest BCUT2D eigenvalue weighted by atomic mass is 10.2. The number of hydrogen-bond donors (Lipinski definition) is 0. The van der Waals surface area contributed by atoms with E-state index in [0.29, 0.717) is 30.3 Å². The number of oxazole rings is 1. The average molecular weight is 366 g/mol. The van der Waals surface area contributed by atoms with E-state index in [4.69, 9.17) is 9.15 Å². The highest BCUT2D eigenvalue weighted by atomic mass is 19.1. The Hall–Kier alpha value is -3.15. The molecule has 2 aromatic carbocycles. The van der Waals surface area contributed by atoms with Crippen LogP contribution in [0.15, 0.2) is 59.0 Å². The molecule has 0 aliphatic carbocycles. The second-order valence-electron chi connectivity index (χ2n) is 6.42. The van der Waals surface area contributed by atoms with Gasteiger partial charge in [0.2, 0.25) is 5.89 Å². The number of rotatable bonds is 4. The third-order valence-electron chi connectivity index (χ3n) is 4.48. The number of halogens is 1. The molecule has 0 saturated heterocycles. The molecule has 1 aromatic heterocycles. The van der Waals surface area contributed by atoms with Gasteiger partial charge in [-0.25, -0.2) is 9.37 Å². The predicted molar refractivity (Wildman–Crippen MR) is 96.7 cm³/mol. The number of hydrogen-bond acceptors (Lipinski definition) is 4. The number of fused-ring (bicyclic) bond motifs is 1. The molecular formula is C21H19FN2O3. The fourth-order valence-corrected chi connectivity index (χ4v) is 3.12. The summed E-state index contributed by atoms with van der Waals surface area (Å²) in [6, 6.07) is 15.1. The Balaban J connectivity index is 1.46. The molecule has 0 N–H and O–H groups in total. The van der Waals surface area contributed by atoms with Crippen molar-refractivity contribution >= 4 is 5.91 Å². The SMILES string of the molecule is O=C(c1ccc(F)cc1)N1CCCc2nc(COc3ccccc3)oc2C1. The van der Waals surface area contributed by atoms with Crippen LogP contribution in [0.1, 0.15) is 34.1 Å². The average Bonchev–Trinajstić information content (AvgIpc) is 2.97. The lowest BCUT2D eigenvalue weighted by Gasteiger charge is -2.19. The van der Waals surface area contributed by atoms with Crippen LogP contribution in [0.25, 0.3) is 0 Å². The zero-order valence-electron chi connectivity index (χ0n) is 14.7. The van der Waals surface area contributed by atoms with Gasteiger partial charge in [-0.2, -0.15) is 0 Å². The molecule has 27 heavy (non-hydrogen) atoms. The minimum absolute atomic E-state index is 0.138. The van der Waals surface area contributed by atoms with Crippen LogP contribution in [0, 0.1) is 5.82 Å².